The Balaban J connectivity index is 1.68. The van der Waals surface area contributed by atoms with Crippen LogP contribution in [0.15, 0.2) is 24.3 Å². The topological polar surface area (TPSA) is 66.8 Å². The lowest BCUT2D eigenvalue weighted by atomic mass is 9.92. The lowest BCUT2D eigenvalue weighted by Gasteiger charge is -2.45. The van der Waals surface area contributed by atoms with Crippen LogP contribution in [-0.4, -0.2) is 47.2 Å². The number of carboxylic acids is 1. The van der Waals surface area contributed by atoms with Gasteiger partial charge in [0, 0.05) is 13.0 Å². The Morgan fingerprint density at radius 1 is 1.35 bits per heavy atom. The van der Waals surface area contributed by atoms with E-state index in [0.29, 0.717) is 38.5 Å². The first-order valence-corrected chi connectivity index (χ1v) is 8.22. The van der Waals surface area contributed by atoms with Crippen molar-refractivity contribution >= 4 is 11.9 Å². The molecule has 5 nitrogen and oxygen atoms in total. The van der Waals surface area contributed by atoms with E-state index in [-0.39, 0.29) is 17.0 Å². The van der Waals surface area contributed by atoms with Crippen molar-refractivity contribution in [3.8, 4) is 0 Å². The van der Waals surface area contributed by atoms with Gasteiger partial charge in [-0.2, -0.15) is 0 Å². The summed E-state index contributed by atoms with van der Waals surface area (Å²) < 4.78 is 5.61. The maximum absolute atomic E-state index is 12.7. The van der Waals surface area contributed by atoms with Crippen molar-refractivity contribution in [3.63, 3.8) is 0 Å². The fourth-order valence-corrected chi connectivity index (χ4v) is 3.54. The van der Waals surface area contributed by atoms with Gasteiger partial charge in [0.25, 0.3) is 0 Å². The molecule has 1 saturated carbocycles. The number of carbonyl (C=O) groups excluding carboxylic acids is 1. The second-order valence-corrected chi connectivity index (χ2v) is 6.69. The predicted molar refractivity (Wildman–Crippen MR) is 85.4 cm³/mol. The Hall–Kier alpha value is -1.88. The van der Waals surface area contributed by atoms with Gasteiger partial charge in [0.05, 0.1) is 24.3 Å². The fourth-order valence-electron chi connectivity index (χ4n) is 3.54. The van der Waals surface area contributed by atoms with Gasteiger partial charge in [-0.1, -0.05) is 18.2 Å². The molecule has 1 unspecified atom stereocenters. The first-order valence-electron chi connectivity index (χ1n) is 8.22. The Bertz CT molecular complexity index is 611. The van der Waals surface area contributed by atoms with Crippen LogP contribution in [0.5, 0.6) is 0 Å². The summed E-state index contributed by atoms with van der Waals surface area (Å²) in [6.45, 7) is 3.94. The zero-order valence-electron chi connectivity index (χ0n) is 13.5. The number of hydrogen-bond donors (Lipinski definition) is 1. The van der Waals surface area contributed by atoms with Gasteiger partial charge in [-0.05, 0) is 43.7 Å². The number of carbonyl (C=O) groups is 2. The molecule has 0 radical (unpaired) electrons. The van der Waals surface area contributed by atoms with Crippen molar-refractivity contribution in [1.82, 2.24) is 4.90 Å². The molecule has 3 rings (SSSR count). The lowest BCUT2D eigenvalue weighted by molar-refractivity contribution is -0.149. The summed E-state index contributed by atoms with van der Waals surface area (Å²) in [4.78, 5) is 26.0. The first kappa shape index (κ1) is 16.0. The molecule has 0 bridgehead atoms. The number of rotatable bonds is 5. The van der Waals surface area contributed by atoms with E-state index in [9.17, 15) is 14.7 Å². The second-order valence-electron chi connectivity index (χ2n) is 6.69. The third-order valence-corrected chi connectivity index (χ3v) is 5.08. The van der Waals surface area contributed by atoms with Crippen molar-refractivity contribution in [2.45, 2.75) is 38.1 Å². The van der Waals surface area contributed by atoms with Gasteiger partial charge in [-0.25, -0.2) is 4.79 Å². The van der Waals surface area contributed by atoms with Crippen LogP contribution >= 0.6 is 0 Å². The zero-order valence-corrected chi connectivity index (χ0v) is 13.5. The molecular weight excluding hydrogens is 294 g/mol. The number of aryl methyl sites for hydroxylation is 1. The van der Waals surface area contributed by atoms with E-state index in [1.54, 1.807) is 18.2 Å². The van der Waals surface area contributed by atoms with Gasteiger partial charge in [-0.3, -0.25) is 4.79 Å². The second kappa shape index (κ2) is 6.32. The van der Waals surface area contributed by atoms with Gasteiger partial charge in [0.15, 0.2) is 0 Å². The van der Waals surface area contributed by atoms with Crippen LogP contribution in [0.4, 0.5) is 0 Å². The van der Waals surface area contributed by atoms with E-state index in [1.165, 1.54) is 0 Å². The van der Waals surface area contributed by atoms with E-state index < -0.39 is 5.97 Å². The average molecular weight is 317 g/mol. The molecule has 1 saturated heterocycles. The summed E-state index contributed by atoms with van der Waals surface area (Å²) in [6.07, 6.45) is 3.11. The first-order chi connectivity index (χ1) is 11.0. The van der Waals surface area contributed by atoms with Crippen molar-refractivity contribution in [1.29, 1.82) is 0 Å². The van der Waals surface area contributed by atoms with Crippen LogP contribution in [0, 0.1) is 5.92 Å². The van der Waals surface area contributed by atoms with Gasteiger partial charge in [0.2, 0.25) is 5.91 Å². The minimum Gasteiger partial charge on any atom is -0.478 e. The van der Waals surface area contributed by atoms with E-state index in [0.717, 1.165) is 18.4 Å². The Morgan fingerprint density at radius 2 is 2.09 bits per heavy atom. The van der Waals surface area contributed by atoms with Crippen LogP contribution in [-0.2, 0) is 16.0 Å². The Labute approximate surface area is 136 Å². The molecule has 1 amide bonds. The normalized spacial score (nSPS) is 24.5. The average Bonchev–Trinajstić information content (AvgIpc) is 3.38. The molecule has 1 atom stereocenters. The molecule has 1 aromatic carbocycles. The van der Waals surface area contributed by atoms with E-state index in [4.69, 9.17) is 4.74 Å². The maximum Gasteiger partial charge on any atom is 0.335 e. The molecule has 0 aromatic heterocycles. The number of morpholine rings is 1. The standard InChI is InChI=1S/C18H23NO4/c1-18(14-7-8-14)12-23-11-10-19(18)16(20)9-6-13-4-2-3-5-15(13)17(21)22/h2-5,14H,6-12H2,1H3,(H,21,22). The van der Waals surface area contributed by atoms with Crippen LogP contribution < -0.4 is 0 Å². The van der Waals surface area contributed by atoms with Gasteiger partial charge >= 0.3 is 5.97 Å². The molecule has 124 valence electrons. The SMILES string of the molecule is CC1(C2CC2)COCCN1C(=O)CCc1ccccc1C(=O)O. The van der Waals surface area contributed by atoms with Gasteiger partial charge in [0.1, 0.15) is 0 Å². The van der Waals surface area contributed by atoms with E-state index in [1.807, 2.05) is 11.0 Å². The van der Waals surface area contributed by atoms with Crippen LogP contribution in [0.3, 0.4) is 0 Å². The number of ether oxygens (including phenoxy) is 1. The number of hydrogen-bond acceptors (Lipinski definition) is 3. The fraction of sp³-hybridized carbons (Fsp3) is 0.556. The van der Waals surface area contributed by atoms with Crippen molar-refractivity contribution in [3.05, 3.63) is 35.4 Å². The molecule has 1 aromatic rings. The highest BCUT2D eigenvalue weighted by Gasteiger charge is 2.48. The molecule has 1 heterocycles. The quantitative estimate of drug-likeness (QED) is 0.905. The smallest absolute Gasteiger partial charge is 0.335 e. The Morgan fingerprint density at radius 3 is 2.78 bits per heavy atom. The summed E-state index contributed by atoms with van der Waals surface area (Å²) in [5.41, 5.74) is 0.809. The minimum absolute atomic E-state index is 0.0999. The van der Waals surface area contributed by atoms with Crippen LogP contribution in [0.1, 0.15) is 42.1 Å². The number of carboxylic acid groups (broad SMARTS) is 1. The summed E-state index contributed by atoms with van der Waals surface area (Å²) in [7, 11) is 0. The highest BCUT2D eigenvalue weighted by atomic mass is 16.5. The number of benzene rings is 1. The largest absolute Gasteiger partial charge is 0.478 e. The summed E-state index contributed by atoms with van der Waals surface area (Å²) in [6, 6.07) is 6.90. The molecule has 0 spiro atoms. The highest BCUT2D eigenvalue weighted by Crippen LogP contribution is 2.44. The molecule has 2 aliphatic rings. The molecular formula is C18H23NO4. The molecule has 2 fully saturated rings. The molecule has 23 heavy (non-hydrogen) atoms. The van der Waals surface area contributed by atoms with Crippen molar-refractivity contribution in [2.75, 3.05) is 19.8 Å². The Kier molecular flexibility index (Phi) is 4.39. The minimum atomic E-state index is -0.942. The number of nitrogens with zero attached hydrogens (tertiary/aromatic N) is 1. The summed E-state index contributed by atoms with van der Waals surface area (Å²) >= 11 is 0. The van der Waals surface area contributed by atoms with Crippen LogP contribution in [0.2, 0.25) is 0 Å². The molecule has 1 N–H and O–H groups in total. The zero-order chi connectivity index (χ0) is 16.4. The molecule has 5 heteroatoms. The summed E-state index contributed by atoms with van der Waals surface area (Å²) in [5.74, 6) is -0.303. The monoisotopic (exact) mass is 317 g/mol. The third-order valence-electron chi connectivity index (χ3n) is 5.08. The van der Waals surface area contributed by atoms with Gasteiger partial charge in [-0.15, -0.1) is 0 Å². The summed E-state index contributed by atoms with van der Waals surface area (Å²) in [5, 5.41) is 9.23. The van der Waals surface area contributed by atoms with Crippen LogP contribution in [0.25, 0.3) is 0 Å². The molecule has 1 aliphatic heterocycles. The van der Waals surface area contributed by atoms with Crippen molar-refractivity contribution < 1.29 is 19.4 Å². The predicted octanol–water partition coefficient (Wildman–Crippen LogP) is 2.34. The van der Waals surface area contributed by atoms with Crippen molar-refractivity contribution in [2.24, 2.45) is 5.92 Å². The van der Waals surface area contributed by atoms with E-state index in [2.05, 4.69) is 6.92 Å². The maximum atomic E-state index is 12.7. The van der Waals surface area contributed by atoms with E-state index >= 15 is 0 Å². The lowest BCUT2D eigenvalue weighted by Crippen LogP contribution is -2.58. The highest BCUT2D eigenvalue weighted by molar-refractivity contribution is 5.89. The third kappa shape index (κ3) is 3.24. The van der Waals surface area contributed by atoms with Gasteiger partial charge < -0.3 is 14.7 Å². The molecule has 1 aliphatic carbocycles. The number of amides is 1. The number of aromatic carboxylic acids is 1.